The normalized spacial score (nSPS) is 12.0. The molecule has 23 heavy (non-hydrogen) atoms. The summed E-state index contributed by atoms with van der Waals surface area (Å²) >= 11 is 0. The number of carbonyl (C=O) groups excluding carboxylic acids is 1. The van der Waals surface area contributed by atoms with Crippen molar-refractivity contribution in [1.29, 1.82) is 0 Å². The summed E-state index contributed by atoms with van der Waals surface area (Å²) in [5.74, 6) is 1.19. The summed E-state index contributed by atoms with van der Waals surface area (Å²) in [6.07, 6.45) is 1.85. The van der Waals surface area contributed by atoms with Gasteiger partial charge in [0, 0.05) is 11.6 Å². The predicted octanol–water partition coefficient (Wildman–Crippen LogP) is 2.04. The first kappa shape index (κ1) is 16.9. The van der Waals surface area contributed by atoms with E-state index in [1.807, 2.05) is 38.1 Å². The third-order valence-corrected chi connectivity index (χ3v) is 3.34. The Morgan fingerprint density at radius 3 is 2.70 bits per heavy atom. The molecule has 0 aliphatic rings. The number of benzene rings is 1. The molecule has 2 aromatic rings. The highest BCUT2D eigenvalue weighted by molar-refractivity contribution is 5.75. The van der Waals surface area contributed by atoms with Gasteiger partial charge in [-0.2, -0.15) is 4.80 Å². The number of hydrogen-bond donors (Lipinski definition) is 1. The van der Waals surface area contributed by atoms with E-state index in [0.29, 0.717) is 12.4 Å². The molecule has 7 heteroatoms. The lowest BCUT2D eigenvalue weighted by Gasteiger charge is -2.10. The number of nitrogens with zero attached hydrogens (tertiary/aromatic N) is 4. The van der Waals surface area contributed by atoms with Gasteiger partial charge in [0.05, 0.1) is 6.61 Å². The predicted molar refractivity (Wildman–Crippen MR) is 86.9 cm³/mol. The first-order valence-corrected chi connectivity index (χ1v) is 7.92. The Kier molecular flexibility index (Phi) is 6.08. The molecule has 0 unspecified atom stereocenters. The van der Waals surface area contributed by atoms with Crippen molar-refractivity contribution in [2.45, 2.75) is 46.2 Å². The van der Waals surface area contributed by atoms with E-state index in [0.717, 1.165) is 24.2 Å². The van der Waals surface area contributed by atoms with Crippen LogP contribution in [0.3, 0.4) is 0 Å². The van der Waals surface area contributed by atoms with Crippen LogP contribution < -0.4 is 10.1 Å². The summed E-state index contributed by atoms with van der Waals surface area (Å²) in [5, 5.41) is 15.0. The fraction of sp³-hybridized carbons (Fsp3) is 0.500. The van der Waals surface area contributed by atoms with E-state index in [1.165, 1.54) is 4.80 Å². The zero-order valence-corrected chi connectivity index (χ0v) is 13.8. The zero-order valence-electron chi connectivity index (χ0n) is 13.8. The van der Waals surface area contributed by atoms with Crippen LogP contribution in [0.25, 0.3) is 11.4 Å². The lowest BCUT2D eigenvalue weighted by molar-refractivity contribution is -0.122. The van der Waals surface area contributed by atoms with Gasteiger partial charge in [-0.15, -0.1) is 10.2 Å². The highest BCUT2D eigenvalue weighted by Gasteiger charge is 2.10. The van der Waals surface area contributed by atoms with Crippen LogP contribution in [0.5, 0.6) is 5.75 Å². The van der Waals surface area contributed by atoms with Gasteiger partial charge in [0.15, 0.2) is 0 Å². The van der Waals surface area contributed by atoms with Crippen LogP contribution >= 0.6 is 0 Å². The lowest BCUT2D eigenvalue weighted by Crippen LogP contribution is -2.35. The molecular formula is C16H23N5O2. The van der Waals surface area contributed by atoms with Crippen molar-refractivity contribution in [3.05, 3.63) is 24.3 Å². The number of carbonyl (C=O) groups is 1. The first-order chi connectivity index (χ1) is 11.1. The number of aromatic nitrogens is 4. The van der Waals surface area contributed by atoms with Crippen molar-refractivity contribution in [2.75, 3.05) is 6.61 Å². The van der Waals surface area contributed by atoms with E-state index in [9.17, 15) is 4.79 Å². The van der Waals surface area contributed by atoms with Gasteiger partial charge in [0.2, 0.25) is 11.7 Å². The summed E-state index contributed by atoms with van der Waals surface area (Å²) in [4.78, 5) is 13.1. The third-order valence-electron chi connectivity index (χ3n) is 3.34. The molecule has 1 amide bonds. The molecular weight excluding hydrogens is 294 g/mol. The fourth-order valence-corrected chi connectivity index (χ4v) is 1.90. The summed E-state index contributed by atoms with van der Waals surface area (Å²) in [6, 6.07) is 7.65. The molecule has 2 rings (SSSR count). The van der Waals surface area contributed by atoms with Crippen LogP contribution in [0.2, 0.25) is 0 Å². The van der Waals surface area contributed by atoms with E-state index >= 15 is 0 Å². The highest BCUT2D eigenvalue weighted by Crippen LogP contribution is 2.18. The van der Waals surface area contributed by atoms with Crippen molar-refractivity contribution < 1.29 is 9.53 Å². The summed E-state index contributed by atoms with van der Waals surface area (Å²) in [6.45, 7) is 6.80. The monoisotopic (exact) mass is 317 g/mol. The minimum Gasteiger partial charge on any atom is -0.494 e. The first-order valence-electron chi connectivity index (χ1n) is 7.92. The Labute approximate surface area is 136 Å². The Bertz CT molecular complexity index is 624. The Morgan fingerprint density at radius 2 is 2.04 bits per heavy atom. The van der Waals surface area contributed by atoms with Gasteiger partial charge >= 0.3 is 0 Å². The average Bonchev–Trinajstić information content (AvgIpc) is 3.01. The molecule has 1 N–H and O–H groups in total. The topological polar surface area (TPSA) is 81.9 Å². The zero-order chi connectivity index (χ0) is 16.7. The minimum absolute atomic E-state index is 0.0645. The van der Waals surface area contributed by atoms with Crippen molar-refractivity contribution in [1.82, 2.24) is 25.5 Å². The van der Waals surface area contributed by atoms with Crippen LogP contribution in [0.15, 0.2) is 24.3 Å². The number of rotatable bonds is 8. The van der Waals surface area contributed by atoms with Crippen LogP contribution in [0.4, 0.5) is 0 Å². The van der Waals surface area contributed by atoms with Crippen molar-refractivity contribution in [2.24, 2.45) is 0 Å². The van der Waals surface area contributed by atoms with E-state index in [2.05, 4.69) is 27.7 Å². The molecule has 7 nitrogen and oxygen atoms in total. The molecule has 1 aromatic carbocycles. The minimum atomic E-state index is -0.119. The number of amides is 1. The van der Waals surface area contributed by atoms with Crippen molar-refractivity contribution in [3.8, 4) is 17.1 Å². The Balaban J connectivity index is 1.97. The van der Waals surface area contributed by atoms with Crippen molar-refractivity contribution in [3.63, 3.8) is 0 Å². The van der Waals surface area contributed by atoms with Crippen molar-refractivity contribution >= 4 is 5.91 Å². The summed E-state index contributed by atoms with van der Waals surface area (Å²) in [7, 11) is 0. The second-order valence-electron chi connectivity index (χ2n) is 5.39. The molecule has 1 aromatic heterocycles. The molecule has 1 heterocycles. The number of nitrogens with one attached hydrogen (secondary N) is 1. The quantitative estimate of drug-likeness (QED) is 0.805. The average molecular weight is 317 g/mol. The number of ether oxygens (including phenoxy) is 1. The SMILES string of the molecule is CCCOc1ccc(-c2nnn(CC(=O)N[C@H](C)CC)n2)cc1. The molecule has 0 spiro atoms. The smallest absolute Gasteiger partial charge is 0.243 e. The number of tetrazole rings is 1. The largest absolute Gasteiger partial charge is 0.494 e. The molecule has 0 radical (unpaired) electrons. The van der Waals surface area contributed by atoms with Gasteiger partial charge < -0.3 is 10.1 Å². The maximum atomic E-state index is 11.8. The molecule has 124 valence electrons. The van der Waals surface area contributed by atoms with Crippen LogP contribution in [0, 0.1) is 0 Å². The molecule has 0 aliphatic carbocycles. The van der Waals surface area contributed by atoms with Gasteiger partial charge in [-0.05, 0) is 49.2 Å². The maximum Gasteiger partial charge on any atom is 0.243 e. The Morgan fingerprint density at radius 1 is 1.30 bits per heavy atom. The van der Waals surface area contributed by atoms with Gasteiger partial charge in [0.1, 0.15) is 12.3 Å². The Hall–Kier alpha value is -2.44. The van der Waals surface area contributed by atoms with E-state index in [4.69, 9.17) is 4.74 Å². The van der Waals surface area contributed by atoms with E-state index in [1.54, 1.807) is 0 Å². The summed E-state index contributed by atoms with van der Waals surface area (Å²) in [5.41, 5.74) is 0.836. The molecule has 0 bridgehead atoms. The fourth-order valence-electron chi connectivity index (χ4n) is 1.90. The molecule has 0 aliphatic heterocycles. The number of hydrogen-bond acceptors (Lipinski definition) is 5. The lowest BCUT2D eigenvalue weighted by atomic mass is 10.2. The molecule has 1 atom stereocenters. The van der Waals surface area contributed by atoms with E-state index in [-0.39, 0.29) is 18.5 Å². The van der Waals surface area contributed by atoms with Crippen LogP contribution in [-0.2, 0) is 11.3 Å². The van der Waals surface area contributed by atoms with Crippen LogP contribution in [0.1, 0.15) is 33.6 Å². The van der Waals surface area contributed by atoms with Gasteiger partial charge in [-0.25, -0.2) is 0 Å². The highest BCUT2D eigenvalue weighted by atomic mass is 16.5. The molecule has 0 saturated carbocycles. The molecule has 0 saturated heterocycles. The molecule has 0 fully saturated rings. The second kappa shape index (κ2) is 8.26. The van der Waals surface area contributed by atoms with Crippen LogP contribution in [-0.4, -0.2) is 38.8 Å². The second-order valence-corrected chi connectivity index (χ2v) is 5.39. The standard InChI is InChI=1S/C16H23N5O2/c1-4-10-23-14-8-6-13(7-9-14)16-18-20-21(19-16)11-15(22)17-12(3)5-2/h6-9,12H,4-5,10-11H2,1-3H3,(H,17,22)/t12-/m1/s1. The van der Waals surface area contributed by atoms with Gasteiger partial charge in [-0.3, -0.25) is 4.79 Å². The third kappa shape index (κ3) is 5.05. The maximum absolute atomic E-state index is 11.8. The van der Waals surface area contributed by atoms with E-state index < -0.39 is 0 Å². The summed E-state index contributed by atoms with van der Waals surface area (Å²) < 4.78 is 5.54. The van der Waals surface area contributed by atoms with Gasteiger partial charge in [-0.1, -0.05) is 13.8 Å². The van der Waals surface area contributed by atoms with Gasteiger partial charge in [0.25, 0.3) is 0 Å².